The third kappa shape index (κ3) is 7.56. The monoisotopic (exact) mass is 414 g/mol. The van der Waals surface area contributed by atoms with E-state index in [0.29, 0.717) is 18.5 Å². The van der Waals surface area contributed by atoms with Crippen molar-refractivity contribution in [2.45, 2.75) is 46.6 Å². The Morgan fingerprint density at radius 2 is 1.93 bits per heavy atom. The second kappa shape index (κ2) is 11.3. The number of hydrogen-bond donors (Lipinski definition) is 2. The number of urea groups is 1. The van der Waals surface area contributed by atoms with E-state index in [0.717, 1.165) is 18.2 Å². The van der Waals surface area contributed by atoms with Gasteiger partial charge in [-0.3, -0.25) is 0 Å². The van der Waals surface area contributed by atoms with Crippen molar-refractivity contribution in [3.63, 3.8) is 0 Å². The Kier molecular flexibility index (Phi) is 9.44. The molecule has 28 heavy (non-hydrogen) atoms. The molecule has 1 aromatic carbocycles. The summed E-state index contributed by atoms with van der Waals surface area (Å²) in [5, 5.41) is 4.63. The SMILES string of the molecule is CCCC(=CC(=O)OCC)NC(=O)Nc1cc(C(=O)OC(C)C)c(Cl)cc1F. The van der Waals surface area contributed by atoms with E-state index < -0.39 is 29.9 Å². The first-order chi connectivity index (χ1) is 13.2. The van der Waals surface area contributed by atoms with Crippen molar-refractivity contribution in [1.82, 2.24) is 5.32 Å². The van der Waals surface area contributed by atoms with E-state index in [1.165, 1.54) is 0 Å². The van der Waals surface area contributed by atoms with Crippen molar-refractivity contribution in [1.29, 1.82) is 0 Å². The number of amides is 2. The molecule has 0 saturated carbocycles. The first kappa shape index (κ1) is 23.4. The van der Waals surface area contributed by atoms with Crippen LogP contribution in [0.3, 0.4) is 0 Å². The Labute approximate surface area is 168 Å². The molecule has 0 aliphatic rings. The molecule has 1 rings (SSSR count). The highest BCUT2D eigenvalue weighted by Gasteiger charge is 2.18. The van der Waals surface area contributed by atoms with Crippen LogP contribution in [-0.2, 0) is 14.3 Å². The minimum atomic E-state index is -0.826. The Morgan fingerprint density at radius 1 is 1.25 bits per heavy atom. The number of halogens is 2. The van der Waals surface area contributed by atoms with Gasteiger partial charge in [0.2, 0.25) is 0 Å². The van der Waals surface area contributed by atoms with Crippen LogP contribution in [0.4, 0.5) is 14.9 Å². The Morgan fingerprint density at radius 3 is 2.50 bits per heavy atom. The predicted molar refractivity (Wildman–Crippen MR) is 104 cm³/mol. The fourth-order valence-corrected chi connectivity index (χ4v) is 2.37. The number of hydrogen-bond acceptors (Lipinski definition) is 5. The molecule has 0 aromatic heterocycles. The zero-order chi connectivity index (χ0) is 21.3. The lowest BCUT2D eigenvalue weighted by Gasteiger charge is -2.13. The smallest absolute Gasteiger partial charge is 0.339 e. The predicted octanol–water partition coefficient (Wildman–Crippen LogP) is 4.41. The fourth-order valence-electron chi connectivity index (χ4n) is 2.14. The summed E-state index contributed by atoms with van der Waals surface area (Å²) in [6.07, 6.45) is 1.83. The lowest BCUT2D eigenvalue weighted by Crippen LogP contribution is -2.29. The number of carbonyl (C=O) groups is 3. The average Bonchev–Trinajstić information content (AvgIpc) is 2.56. The number of esters is 2. The molecule has 0 heterocycles. The maximum atomic E-state index is 14.1. The van der Waals surface area contributed by atoms with E-state index in [1.807, 2.05) is 6.92 Å². The maximum absolute atomic E-state index is 14.1. The van der Waals surface area contributed by atoms with Gasteiger partial charge in [-0.1, -0.05) is 24.9 Å². The Balaban J connectivity index is 2.98. The highest BCUT2D eigenvalue weighted by molar-refractivity contribution is 6.33. The van der Waals surface area contributed by atoms with Gasteiger partial charge in [0.15, 0.2) is 0 Å². The van der Waals surface area contributed by atoms with E-state index in [2.05, 4.69) is 10.6 Å². The number of allylic oxidation sites excluding steroid dienone is 1. The van der Waals surface area contributed by atoms with E-state index >= 15 is 0 Å². The first-order valence-electron chi connectivity index (χ1n) is 8.83. The van der Waals surface area contributed by atoms with E-state index in [9.17, 15) is 18.8 Å². The lowest BCUT2D eigenvalue weighted by molar-refractivity contribution is -0.137. The molecule has 0 aliphatic carbocycles. The second-order valence-electron chi connectivity index (χ2n) is 6.02. The van der Waals surface area contributed by atoms with Crippen molar-refractivity contribution in [2.24, 2.45) is 0 Å². The molecule has 9 heteroatoms. The molecule has 0 radical (unpaired) electrons. The number of anilines is 1. The van der Waals surface area contributed by atoms with Crippen LogP contribution in [0.25, 0.3) is 0 Å². The molecule has 0 spiro atoms. The summed E-state index contributed by atoms with van der Waals surface area (Å²) in [6, 6.07) is 1.22. The van der Waals surface area contributed by atoms with Crippen molar-refractivity contribution in [3.8, 4) is 0 Å². The Hall–Kier alpha value is -2.61. The van der Waals surface area contributed by atoms with Gasteiger partial charge in [-0.2, -0.15) is 0 Å². The van der Waals surface area contributed by atoms with Gasteiger partial charge in [0.25, 0.3) is 0 Å². The highest BCUT2D eigenvalue weighted by atomic mass is 35.5. The van der Waals surface area contributed by atoms with Crippen LogP contribution < -0.4 is 10.6 Å². The third-order valence-corrected chi connectivity index (χ3v) is 3.55. The summed E-state index contributed by atoms with van der Waals surface area (Å²) >= 11 is 5.90. The largest absolute Gasteiger partial charge is 0.463 e. The summed E-state index contributed by atoms with van der Waals surface area (Å²) in [5.74, 6) is -2.16. The van der Waals surface area contributed by atoms with E-state index in [4.69, 9.17) is 21.1 Å². The number of rotatable bonds is 8. The second-order valence-corrected chi connectivity index (χ2v) is 6.42. The van der Waals surface area contributed by atoms with Gasteiger partial charge in [0.1, 0.15) is 5.82 Å². The quantitative estimate of drug-likeness (QED) is 0.485. The molecule has 0 saturated heterocycles. The van der Waals surface area contributed by atoms with Crippen LogP contribution >= 0.6 is 11.6 Å². The zero-order valence-electron chi connectivity index (χ0n) is 16.2. The van der Waals surface area contributed by atoms with Gasteiger partial charge >= 0.3 is 18.0 Å². The number of ether oxygens (including phenoxy) is 2. The zero-order valence-corrected chi connectivity index (χ0v) is 17.0. The van der Waals surface area contributed by atoms with Gasteiger partial charge in [-0.25, -0.2) is 18.8 Å². The molecule has 0 bridgehead atoms. The van der Waals surface area contributed by atoms with Gasteiger partial charge in [-0.15, -0.1) is 0 Å². The van der Waals surface area contributed by atoms with Crippen LogP contribution in [0.2, 0.25) is 5.02 Å². The molecule has 1 aromatic rings. The molecule has 0 fully saturated rings. The molecular formula is C19H24ClFN2O5. The standard InChI is InChI=1S/C19H24ClFN2O5/c1-5-7-12(8-17(24)27-6-2)22-19(26)23-16-9-13(14(20)10-15(16)21)18(25)28-11(3)4/h8-11H,5-7H2,1-4H3,(H2,22,23,26). The third-order valence-electron chi connectivity index (χ3n) is 3.24. The molecular weight excluding hydrogens is 391 g/mol. The summed E-state index contributed by atoms with van der Waals surface area (Å²) in [6.45, 7) is 7.05. The summed E-state index contributed by atoms with van der Waals surface area (Å²) in [5.41, 5.74) is -0.0280. The highest BCUT2D eigenvalue weighted by Crippen LogP contribution is 2.25. The summed E-state index contributed by atoms with van der Waals surface area (Å²) in [7, 11) is 0. The van der Waals surface area contributed by atoms with Crippen LogP contribution in [0.1, 0.15) is 50.9 Å². The minimum absolute atomic E-state index is 0.0806. The molecule has 2 amide bonds. The molecule has 154 valence electrons. The van der Waals surface area contributed by atoms with Gasteiger partial charge in [0.05, 0.1) is 29.0 Å². The van der Waals surface area contributed by atoms with Crippen molar-refractivity contribution in [2.75, 3.05) is 11.9 Å². The number of benzene rings is 1. The maximum Gasteiger partial charge on any atom is 0.339 e. The van der Waals surface area contributed by atoms with Crippen LogP contribution in [0.5, 0.6) is 0 Å². The van der Waals surface area contributed by atoms with Crippen LogP contribution in [0.15, 0.2) is 23.9 Å². The Bertz CT molecular complexity index is 765. The molecule has 0 unspecified atom stereocenters. The molecule has 7 nitrogen and oxygen atoms in total. The first-order valence-corrected chi connectivity index (χ1v) is 9.21. The fraction of sp³-hybridized carbons (Fsp3) is 0.421. The lowest BCUT2D eigenvalue weighted by atomic mass is 10.2. The van der Waals surface area contributed by atoms with E-state index in [-0.39, 0.29) is 22.9 Å². The molecule has 0 aliphatic heterocycles. The summed E-state index contributed by atoms with van der Waals surface area (Å²) < 4.78 is 24.0. The normalized spacial score (nSPS) is 11.2. The van der Waals surface area contributed by atoms with Crippen molar-refractivity contribution in [3.05, 3.63) is 40.3 Å². The van der Waals surface area contributed by atoms with Gasteiger partial charge < -0.3 is 20.1 Å². The molecule has 0 atom stereocenters. The van der Waals surface area contributed by atoms with Crippen molar-refractivity contribution < 1.29 is 28.2 Å². The van der Waals surface area contributed by atoms with Crippen molar-refractivity contribution >= 4 is 35.3 Å². The topological polar surface area (TPSA) is 93.7 Å². The average molecular weight is 415 g/mol. The van der Waals surface area contributed by atoms with E-state index in [1.54, 1.807) is 20.8 Å². The van der Waals surface area contributed by atoms with Gasteiger partial charge in [0, 0.05) is 11.8 Å². The summed E-state index contributed by atoms with van der Waals surface area (Å²) in [4.78, 5) is 35.8. The van der Waals surface area contributed by atoms with Gasteiger partial charge in [-0.05, 0) is 39.3 Å². The van der Waals surface area contributed by atoms with Crippen LogP contribution in [0, 0.1) is 5.82 Å². The number of carbonyl (C=O) groups excluding carboxylic acids is 3. The minimum Gasteiger partial charge on any atom is -0.463 e. The number of nitrogens with one attached hydrogen (secondary N) is 2. The van der Waals surface area contributed by atoms with Crippen LogP contribution in [-0.4, -0.2) is 30.7 Å². The molecule has 2 N–H and O–H groups in total.